The highest BCUT2D eigenvalue weighted by atomic mass is 16.6. The van der Waals surface area contributed by atoms with Gasteiger partial charge in [0, 0.05) is 32.7 Å². The van der Waals surface area contributed by atoms with Crippen LogP contribution in [0.15, 0.2) is 24.3 Å². The summed E-state index contributed by atoms with van der Waals surface area (Å²) in [5, 5.41) is 2.76. The normalized spacial score (nSPS) is 14.2. The first-order valence-corrected chi connectivity index (χ1v) is 8.51. The fraction of sp³-hybridized carbons (Fsp3) is 0.500. The highest BCUT2D eigenvalue weighted by Crippen LogP contribution is 2.06. The number of nitrogens with zero attached hydrogens (tertiary/aromatic N) is 2. The van der Waals surface area contributed by atoms with E-state index >= 15 is 0 Å². The molecule has 2 rings (SSSR count). The van der Waals surface area contributed by atoms with Crippen molar-refractivity contribution < 1.29 is 19.1 Å². The summed E-state index contributed by atoms with van der Waals surface area (Å²) in [6, 6.07) is 7.86. The van der Waals surface area contributed by atoms with E-state index in [-0.39, 0.29) is 24.3 Å². The number of aryl methyl sites for hydroxylation is 1. The van der Waals surface area contributed by atoms with Crippen molar-refractivity contribution in [3.8, 4) is 0 Å². The summed E-state index contributed by atoms with van der Waals surface area (Å²) in [6.45, 7) is 6.19. The Morgan fingerprint density at radius 3 is 2.24 bits per heavy atom. The number of benzene rings is 1. The Morgan fingerprint density at radius 2 is 1.64 bits per heavy atom. The summed E-state index contributed by atoms with van der Waals surface area (Å²) in [4.78, 5) is 39.0. The van der Waals surface area contributed by atoms with E-state index in [1.54, 1.807) is 16.7 Å². The average molecular weight is 347 g/mol. The number of carbonyl (C=O) groups excluding carboxylic acids is 3. The molecule has 1 fully saturated rings. The molecule has 136 valence electrons. The van der Waals surface area contributed by atoms with Crippen LogP contribution >= 0.6 is 0 Å². The topological polar surface area (TPSA) is 79.0 Å². The lowest BCUT2D eigenvalue weighted by atomic mass is 10.1. The number of amides is 3. The van der Waals surface area contributed by atoms with Gasteiger partial charge in [-0.15, -0.1) is 0 Å². The molecule has 0 spiro atoms. The first-order chi connectivity index (χ1) is 12.0. The zero-order valence-corrected chi connectivity index (χ0v) is 14.8. The summed E-state index contributed by atoms with van der Waals surface area (Å²) in [5.41, 5.74) is 2.15. The Balaban J connectivity index is 1.72. The second kappa shape index (κ2) is 9.05. The molecule has 0 radical (unpaired) electrons. The van der Waals surface area contributed by atoms with Crippen LogP contribution in [0.2, 0.25) is 0 Å². The minimum Gasteiger partial charge on any atom is -0.450 e. The van der Waals surface area contributed by atoms with E-state index in [1.165, 1.54) is 0 Å². The fourth-order valence-electron chi connectivity index (χ4n) is 2.57. The zero-order chi connectivity index (χ0) is 18.2. The van der Waals surface area contributed by atoms with Crippen LogP contribution in [-0.2, 0) is 20.9 Å². The lowest BCUT2D eigenvalue weighted by molar-refractivity contribution is -0.137. The van der Waals surface area contributed by atoms with Gasteiger partial charge in [0.1, 0.15) is 6.42 Å². The first kappa shape index (κ1) is 18.8. The molecule has 0 unspecified atom stereocenters. The molecule has 1 aromatic rings. The third-order valence-corrected chi connectivity index (χ3v) is 4.08. The molecule has 1 aliphatic heterocycles. The van der Waals surface area contributed by atoms with Crippen LogP contribution in [0.4, 0.5) is 4.79 Å². The van der Waals surface area contributed by atoms with Crippen LogP contribution in [0.5, 0.6) is 0 Å². The molecular weight excluding hydrogens is 322 g/mol. The lowest BCUT2D eigenvalue weighted by Gasteiger charge is -2.34. The number of nitrogens with one attached hydrogen (secondary N) is 1. The molecule has 25 heavy (non-hydrogen) atoms. The fourth-order valence-corrected chi connectivity index (χ4v) is 2.57. The number of ether oxygens (including phenoxy) is 1. The molecule has 7 nitrogen and oxygen atoms in total. The third-order valence-electron chi connectivity index (χ3n) is 4.08. The van der Waals surface area contributed by atoms with Crippen LogP contribution in [0.25, 0.3) is 0 Å². The average Bonchev–Trinajstić information content (AvgIpc) is 2.61. The van der Waals surface area contributed by atoms with Gasteiger partial charge in [-0.05, 0) is 19.4 Å². The van der Waals surface area contributed by atoms with E-state index in [0.29, 0.717) is 39.3 Å². The van der Waals surface area contributed by atoms with Crippen LogP contribution < -0.4 is 5.32 Å². The lowest BCUT2D eigenvalue weighted by Crippen LogP contribution is -2.51. The van der Waals surface area contributed by atoms with E-state index in [2.05, 4.69) is 5.32 Å². The Hall–Kier alpha value is -2.57. The van der Waals surface area contributed by atoms with Crippen molar-refractivity contribution in [2.75, 3.05) is 32.8 Å². The molecule has 1 aliphatic rings. The van der Waals surface area contributed by atoms with Crippen molar-refractivity contribution in [1.29, 1.82) is 0 Å². The smallest absolute Gasteiger partial charge is 0.409 e. The van der Waals surface area contributed by atoms with Crippen molar-refractivity contribution in [1.82, 2.24) is 15.1 Å². The molecule has 1 N–H and O–H groups in total. The van der Waals surface area contributed by atoms with Gasteiger partial charge < -0.3 is 19.9 Å². The highest BCUT2D eigenvalue weighted by Gasteiger charge is 2.25. The SMILES string of the molecule is CCOC(=O)N1CCN(C(=O)CC(=O)NCc2ccc(C)cc2)CC1. The summed E-state index contributed by atoms with van der Waals surface area (Å²) in [5.74, 6) is -0.511. The van der Waals surface area contributed by atoms with Crippen LogP contribution in [0.1, 0.15) is 24.5 Å². The maximum Gasteiger partial charge on any atom is 0.409 e. The molecule has 0 bridgehead atoms. The molecule has 0 saturated carbocycles. The second-order valence-electron chi connectivity index (χ2n) is 6.01. The first-order valence-electron chi connectivity index (χ1n) is 8.51. The van der Waals surface area contributed by atoms with E-state index in [9.17, 15) is 14.4 Å². The quantitative estimate of drug-likeness (QED) is 0.815. The monoisotopic (exact) mass is 347 g/mol. The van der Waals surface area contributed by atoms with Crippen molar-refractivity contribution in [3.05, 3.63) is 35.4 Å². The molecule has 0 aliphatic carbocycles. The van der Waals surface area contributed by atoms with Gasteiger partial charge in [0.25, 0.3) is 0 Å². The van der Waals surface area contributed by atoms with Crippen molar-refractivity contribution in [2.24, 2.45) is 0 Å². The molecule has 1 aromatic carbocycles. The molecule has 0 atom stereocenters. The number of carbonyl (C=O) groups is 3. The largest absolute Gasteiger partial charge is 0.450 e. The standard InChI is InChI=1S/C18H25N3O4/c1-3-25-18(24)21-10-8-20(9-11-21)17(23)12-16(22)19-13-15-6-4-14(2)5-7-15/h4-7H,3,8-13H2,1-2H3,(H,19,22). The highest BCUT2D eigenvalue weighted by molar-refractivity contribution is 5.96. The van der Waals surface area contributed by atoms with Gasteiger partial charge in [0.05, 0.1) is 6.61 Å². The number of rotatable bonds is 5. The minimum atomic E-state index is -0.356. The van der Waals surface area contributed by atoms with Gasteiger partial charge in [-0.25, -0.2) is 4.79 Å². The molecule has 1 saturated heterocycles. The zero-order valence-electron chi connectivity index (χ0n) is 14.8. The van der Waals surface area contributed by atoms with Gasteiger partial charge in [-0.3, -0.25) is 9.59 Å². The molecule has 3 amide bonds. The summed E-state index contributed by atoms with van der Waals surface area (Å²) >= 11 is 0. The van der Waals surface area contributed by atoms with E-state index in [4.69, 9.17) is 4.74 Å². The summed E-state index contributed by atoms with van der Waals surface area (Å²) in [7, 11) is 0. The van der Waals surface area contributed by atoms with Gasteiger partial charge >= 0.3 is 6.09 Å². The predicted octanol–water partition coefficient (Wildman–Crippen LogP) is 1.30. The van der Waals surface area contributed by atoms with Crippen LogP contribution in [-0.4, -0.2) is 60.5 Å². The maximum atomic E-state index is 12.2. The van der Waals surface area contributed by atoms with E-state index in [0.717, 1.165) is 11.1 Å². The molecule has 7 heteroatoms. The van der Waals surface area contributed by atoms with Gasteiger partial charge in [0.2, 0.25) is 11.8 Å². The molecular formula is C18H25N3O4. The van der Waals surface area contributed by atoms with Gasteiger partial charge in [-0.1, -0.05) is 29.8 Å². The second-order valence-corrected chi connectivity index (χ2v) is 6.01. The van der Waals surface area contributed by atoms with Crippen molar-refractivity contribution >= 4 is 17.9 Å². The van der Waals surface area contributed by atoms with Crippen LogP contribution in [0.3, 0.4) is 0 Å². The number of piperazine rings is 1. The van der Waals surface area contributed by atoms with Gasteiger partial charge in [0.15, 0.2) is 0 Å². The Kier molecular flexibility index (Phi) is 6.80. The Bertz CT molecular complexity index is 607. The van der Waals surface area contributed by atoms with Crippen LogP contribution in [0, 0.1) is 6.92 Å². The summed E-state index contributed by atoms with van der Waals surface area (Å²) < 4.78 is 4.94. The van der Waals surface area contributed by atoms with E-state index < -0.39 is 0 Å². The predicted molar refractivity (Wildman–Crippen MR) is 92.8 cm³/mol. The number of hydrogen-bond donors (Lipinski definition) is 1. The Morgan fingerprint density at radius 1 is 1.04 bits per heavy atom. The third kappa shape index (κ3) is 5.77. The Labute approximate surface area is 147 Å². The molecule has 0 aromatic heterocycles. The van der Waals surface area contributed by atoms with E-state index in [1.807, 2.05) is 31.2 Å². The maximum absolute atomic E-state index is 12.2. The van der Waals surface area contributed by atoms with Gasteiger partial charge in [-0.2, -0.15) is 0 Å². The van der Waals surface area contributed by atoms with Crippen molar-refractivity contribution in [3.63, 3.8) is 0 Å². The minimum absolute atomic E-state index is 0.175. The summed E-state index contributed by atoms with van der Waals surface area (Å²) in [6.07, 6.45) is -0.531. The molecule has 1 heterocycles. The number of hydrogen-bond acceptors (Lipinski definition) is 4. The van der Waals surface area contributed by atoms with Crippen molar-refractivity contribution in [2.45, 2.75) is 26.8 Å².